The minimum absolute atomic E-state index is 0.118. The molecule has 0 aliphatic heterocycles. The summed E-state index contributed by atoms with van der Waals surface area (Å²) in [6.07, 6.45) is 5.34. The van der Waals surface area contributed by atoms with E-state index in [2.05, 4.69) is 5.32 Å². The molecule has 1 aliphatic rings. The Morgan fingerprint density at radius 2 is 2.05 bits per heavy atom. The van der Waals surface area contributed by atoms with Crippen LogP contribution in [0.15, 0.2) is 24.3 Å². The van der Waals surface area contributed by atoms with E-state index in [1.54, 1.807) is 6.07 Å². The van der Waals surface area contributed by atoms with Crippen LogP contribution < -0.4 is 5.32 Å². The molecule has 1 amide bonds. The Balaban J connectivity index is 2.00. The predicted octanol–water partition coefficient (Wildman–Crippen LogP) is 3.35. The van der Waals surface area contributed by atoms with Crippen LogP contribution in [0, 0.1) is 17.2 Å². The summed E-state index contributed by atoms with van der Waals surface area (Å²) in [5.74, 6) is -4.60. The maximum Gasteiger partial charge on any atom is 0.349 e. The third-order valence-corrected chi connectivity index (χ3v) is 3.92. The second-order valence-corrected chi connectivity index (χ2v) is 5.48. The average molecular weight is 292 g/mol. The van der Waals surface area contributed by atoms with E-state index in [0.717, 1.165) is 31.7 Å². The van der Waals surface area contributed by atoms with Crippen LogP contribution in [0.1, 0.15) is 43.2 Å². The lowest BCUT2D eigenvalue weighted by molar-refractivity contribution is -0.147. The minimum atomic E-state index is -3.61. The van der Waals surface area contributed by atoms with Crippen LogP contribution in [0.2, 0.25) is 0 Å². The molecule has 5 heteroatoms. The van der Waals surface area contributed by atoms with Crippen LogP contribution in [0.5, 0.6) is 0 Å². The third kappa shape index (κ3) is 3.78. The van der Waals surface area contributed by atoms with E-state index in [1.165, 1.54) is 24.6 Å². The number of alkyl halides is 2. The van der Waals surface area contributed by atoms with Crippen molar-refractivity contribution in [3.8, 4) is 6.07 Å². The van der Waals surface area contributed by atoms with Gasteiger partial charge in [0.1, 0.15) is 0 Å². The second-order valence-electron chi connectivity index (χ2n) is 5.48. The highest BCUT2D eigenvalue weighted by Crippen LogP contribution is 2.29. The Hall–Kier alpha value is -1.96. The van der Waals surface area contributed by atoms with E-state index < -0.39 is 17.4 Å². The van der Waals surface area contributed by atoms with Gasteiger partial charge in [0.15, 0.2) is 0 Å². The average Bonchev–Trinajstić information content (AvgIpc) is 2.53. The number of halogens is 2. The Kier molecular flexibility index (Phi) is 4.89. The molecule has 1 N–H and O–H groups in total. The largest absolute Gasteiger partial charge is 0.350 e. The lowest BCUT2D eigenvalue weighted by Crippen LogP contribution is -2.40. The Bertz CT molecular complexity index is 545. The van der Waals surface area contributed by atoms with E-state index in [1.807, 2.05) is 0 Å². The summed E-state index contributed by atoms with van der Waals surface area (Å²) in [5, 5.41) is 11.1. The zero-order valence-corrected chi connectivity index (χ0v) is 11.7. The van der Waals surface area contributed by atoms with Gasteiger partial charge in [-0.05, 0) is 30.9 Å². The number of rotatable bonds is 4. The number of carbonyl (C=O) groups is 1. The van der Waals surface area contributed by atoms with Crippen LogP contribution >= 0.6 is 0 Å². The second kappa shape index (κ2) is 6.66. The van der Waals surface area contributed by atoms with Gasteiger partial charge in [0, 0.05) is 12.1 Å². The smallest absolute Gasteiger partial charge is 0.349 e. The summed E-state index contributed by atoms with van der Waals surface area (Å²) in [6.45, 7) is 0.298. The van der Waals surface area contributed by atoms with Crippen molar-refractivity contribution in [3.63, 3.8) is 0 Å². The van der Waals surface area contributed by atoms with Gasteiger partial charge in [-0.1, -0.05) is 31.4 Å². The quantitative estimate of drug-likeness (QED) is 0.925. The monoisotopic (exact) mass is 292 g/mol. The highest BCUT2D eigenvalue weighted by atomic mass is 19.3. The Labute approximate surface area is 123 Å². The van der Waals surface area contributed by atoms with Gasteiger partial charge in [0.05, 0.1) is 11.6 Å². The Morgan fingerprint density at radius 3 is 2.71 bits per heavy atom. The fraction of sp³-hybridized carbons (Fsp3) is 0.500. The lowest BCUT2D eigenvalue weighted by atomic mass is 9.89. The number of hydrogen-bond donors (Lipinski definition) is 1. The summed E-state index contributed by atoms with van der Waals surface area (Å²) in [6, 6.07) is 6.81. The van der Waals surface area contributed by atoms with Crippen molar-refractivity contribution in [2.24, 2.45) is 5.92 Å². The van der Waals surface area contributed by atoms with Gasteiger partial charge in [0.25, 0.3) is 5.91 Å². The van der Waals surface area contributed by atoms with Gasteiger partial charge < -0.3 is 5.32 Å². The minimum Gasteiger partial charge on any atom is -0.350 e. The molecule has 0 radical (unpaired) electrons. The molecule has 0 spiro atoms. The predicted molar refractivity (Wildman–Crippen MR) is 74.6 cm³/mol. The fourth-order valence-corrected chi connectivity index (χ4v) is 2.65. The van der Waals surface area contributed by atoms with Gasteiger partial charge in [-0.15, -0.1) is 0 Å². The maximum atomic E-state index is 14.1. The fourth-order valence-electron chi connectivity index (χ4n) is 2.65. The molecule has 1 aliphatic carbocycles. The Morgan fingerprint density at radius 1 is 1.33 bits per heavy atom. The van der Waals surface area contributed by atoms with Crippen molar-refractivity contribution in [2.75, 3.05) is 6.54 Å². The van der Waals surface area contributed by atoms with E-state index >= 15 is 0 Å². The zero-order chi connectivity index (χ0) is 15.3. The first-order valence-electron chi connectivity index (χ1n) is 7.21. The van der Waals surface area contributed by atoms with Gasteiger partial charge in [-0.25, -0.2) is 0 Å². The molecule has 1 aromatic rings. The van der Waals surface area contributed by atoms with Crippen molar-refractivity contribution in [1.29, 1.82) is 5.26 Å². The molecule has 0 atom stereocenters. The molecular formula is C16H18F2N2O. The normalized spacial score (nSPS) is 16.2. The first-order chi connectivity index (χ1) is 10.0. The number of nitriles is 1. The third-order valence-electron chi connectivity index (χ3n) is 3.92. The van der Waals surface area contributed by atoms with Crippen molar-refractivity contribution >= 4 is 5.91 Å². The summed E-state index contributed by atoms with van der Waals surface area (Å²) < 4.78 is 28.2. The standard InChI is InChI=1S/C16H18F2N2O/c17-16(18,14-8-4-7-13(9-14)10-19)15(21)20-11-12-5-2-1-3-6-12/h4,7-9,12H,1-3,5-6,11H2,(H,20,21). The molecule has 0 heterocycles. The zero-order valence-electron chi connectivity index (χ0n) is 11.7. The summed E-state index contributed by atoms with van der Waals surface area (Å²) >= 11 is 0. The molecule has 1 aromatic carbocycles. The summed E-state index contributed by atoms with van der Waals surface area (Å²) in [4.78, 5) is 11.8. The lowest BCUT2D eigenvalue weighted by Gasteiger charge is -2.23. The number of carbonyl (C=O) groups excluding carboxylic acids is 1. The maximum absolute atomic E-state index is 14.1. The molecule has 0 aromatic heterocycles. The van der Waals surface area contributed by atoms with E-state index in [9.17, 15) is 13.6 Å². The highest BCUT2D eigenvalue weighted by Gasteiger charge is 2.41. The van der Waals surface area contributed by atoms with Gasteiger partial charge in [0.2, 0.25) is 0 Å². The molecular weight excluding hydrogens is 274 g/mol. The molecule has 21 heavy (non-hydrogen) atoms. The van der Waals surface area contributed by atoms with Crippen LogP contribution in [0.4, 0.5) is 8.78 Å². The SMILES string of the molecule is N#Cc1cccc(C(F)(F)C(=O)NCC2CCCCC2)c1. The summed E-state index contributed by atoms with van der Waals surface area (Å²) in [5.41, 5.74) is -0.324. The molecule has 0 bridgehead atoms. The molecule has 3 nitrogen and oxygen atoms in total. The number of hydrogen-bond acceptors (Lipinski definition) is 2. The first kappa shape index (κ1) is 15.4. The van der Waals surface area contributed by atoms with Crippen LogP contribution in [0.25, 0.3) is 0 Å². The van der Waals surface area contributed by atoms with Crippen molar-refractivity contribution in [3.05, 3.63) is 35.4 Å². The highest BCUT2D eigenvalue weighted by molar-refractivity contribution is 5.84. The van der Waals surface area contributed by atoms with Gasteiger partial charge in [-0.2, -0.15) is 14.0 Å². The molecule has 2 rings (SSSR count). The molecule has 0 unspecified atom stereocenters. The van der Waals surface area contributed by atoms with Crippen LogP contribution in [-0.4, -0.2) is 12.5 Å². The van der Waals surface area contributed by atoms with E-state index in [0.29, 0.717) is 12.5 Å². The van der Waals surface area contributed by atoms with Crippen molar-refractivity contribution < 1.29 is 13.6 Å². The molecule has 0 saturated heterocycles. The number of nitrogens with one attached hydrogen (secondary N) is 1. The first-order valence-corrected chi connectivity index (χ1v) is 7.21. The van der Waals surface area contributed by atoms with Gasteiger partial charge >= 0.3 is 5.92 Å². The van der Waals surface area contributed by atoms with E-state index in [-0.39, 0.29) is 5.56 Å². The number of nitrogens with zero attached hydrogens (tertiary/aromatic N) is 1. The number of benzene rings is 1. The van der Waals surface area contributed by atoms with Crippen LogP contribution in [-0.2, 0) is 10.7 Å². The van der Waals surface area contributed by atoms with Gasteiger partial charge in [-0.3, -0.25) is 4.79 Å². The topological polar surface area (TPSA) is 52.9 Å². The van der Waals surface area contributed by atoms with Crippen LogP contribution in [0.3, 0.4) is 0 Å². The van der Waals surface area contributed by atoms with E-state index in [4.69, 9.17) is 5.26 Å². The van der Waals surface area contributed by atoms with Crippen molar-refractivity contribution in [2.45, 2.75) is 38.0 Å². The molecule has 112 valence electrons. The summed E-state index contributed by atoms with van der Waals surface area (Å²) in [7, 11) is 0. The molecule has 1 fully saturated rings. The number of amides is 1. The van der Waals surface area contributed by atoms with Crippen molar-refractivity contribution in [1.82, 2.24) is 5.32 Å². The molecule has 1 saturated carbocycles.